The molecular weight excluding hydrogens is 266 g/mol. The number of carbonyl (C=O) groups excluding carboxylic acids is 2. The van der Waals surface area contributed by atoms with Crippen LogP contribution in [0.1, 0.15) is 30.9 Å². The van der Waals surface area contributed by atoms with Crippen molar-refractivity contribution in [2.45, 2.75) is 26.7 Å². The molecule has 0 aliphatic rings. The molecule has 1 N–H and O–H groups in total. The molecule has 0 spiro atoms. The second-order valence-corrected chi connectivity index (χ2v) is 5.00. The van der Waals surface area contributed by atoms with Gasteiger partial charge in [0.05, 0.1) is 6.61 Å². The van der Waals surface area contributed by atoms with E-state index >= 15 is 0 Å². The fraction of sp³-hybridized carbons (Fsp3) is 0.412. The van der Waals surface area contributed by atoms with Crippen LogP contribution in [0.15, 0.2) is 30.3 Å². The van der Waals surface area contributed by atoms with E-state index in [2.05, 4.69) is 0 Å². The Balaban J connectivity index is 3.12. The van der Waals surface area contributed by atoms with E-state index in [0.717, 1.165) is 24.0 Å². The molecule has 114 valence electrons. The standard InChI is InChI=1S/C17H23NO3/c1-4-5-9-15(14-10-7-6-8-13(14)2)16(20)17(21)18(3)11-12-19/h6-10,19H,4-5,11-12H2,1-3H3/b15-9+. The van der Waals surface area contributed by atoms with Crippen molar-refractivity contribution < 1.29 is 14.7 Å². The monoisotopic (exact) mass is 289 g/mol. The molecule has 4 nitrogen and oxygen atoms in total. The first kappa shape index (κ1) is 17.1. The molecule has 0 fully saturated rings. The lowest BCUT2D eigenvalue weighted by atomic mass is 9.95. The first-order chi connectivity index (χ1) is 10.0. The first-order valence-corrected chi connectivity index (χ1v) is 7.19. The van der Waals surface area contributed by atoms with Crippen LogP contribution in [-0.4, -0.2) is 41.9 Å². The summed E-state index contributed by atoms with van der Waals surface area (Å²) in [5, 5.41) is 8.89. The van der Waals surface area contributed by atoms with Crippen molar-refractivity contribution in [3.63, 3.8) is 0 Å². The highest BCUT2D eigenvalue weighted by Crippen LogP contribution is 2.21. The number of Topliss-reactive ketones (excluding diaryl/α,β-unsaturated/α-hetero) is 1. The first-order valence-electron chi connectivity index (χ1n) is 7.19. The van der Waals surface area contributed by atoms with Crippen molar-refractivity contribution in [3.8, 4) is 0 Å². The Kier molecular flexibility index (Phi) is 6.82. The molecule has 0 saturated carbocycles. The van der Waals surface area contributed by atoms with Gasteiger partial charge in [-0.15, -0.1) is 0 Å². The zero-order valence-corrected chi connectivity index (χ0v) is 12.9. The number of rotatable bonds is 7. The predicted octanol–water partition coefficient (Wildman–Crippen LogP) is 2.20. The minimum absolute atomic E-state index is 0.152. The summed E-state index contributed by atoms with van der Waals surface area (Å²) in [7, 11) is 1.52. The number of hydrogen-bond acceptors (Lipinski definition) is 3. The molecule has 1 aromatic carbocycles. The predicted molar refractivity (Wildman–Crippen MR) is 83.8 cm³/mol. The zero-order valence-electron chi connectivity index (χ0n) is 12.9. The number of aliphatic hydroxyl groups excluding tert-OH is 1. The molecule has 0 saturated heterocycles. The van der Waals surface area contributed by atoms with Gasteiger partial charge in [0.1, 0.15) is 0 Å². The molecule has 0 radical (unpaired) electrons. The number of likely N-dealkylation sites (N-methyl/N-ethyl adjacent to an activating group) is 1. The fourth-order valence-electron chi connectivity index (χ4n) is 2.03. The smallest absolute Gasteiger partial charge is 0.294 e. The van der Waals surface area contributed by atoms with Gasteiger partial charge in [-0.1, -0.05) is 43.7 Å². The summed E-state index contributed by atoms with van der Waals surface area (Å²) < 4.78 is 0. The van der Waals surface area contributed by atoms with Crippen molar-refractivity contribution in [1.29, 1.82) is 0 Å². The molecule has 1 rings (SSSR count). The van der Waals surface area contributed by atoms with Crippen molar-refractivity contribution in [1.82, 2.24) is 4.90 Å². The number of amides is 1. The molecule has 0 aliphatic heterocycles. The lowest BCUT2D eigenvalue weighted by Crippen LogP contribution is -2.35. The maximum absolute atomic E-state index is 12.5. The van der Waals surface area contributed by atoms with Gasteiger partial charge in [0.25, 0.3) is 11.7 Å². The van der Waals surface area contributed by atoms with Gasteiger partial charge in [-0.2, -0.15) is 0 Å². The molecule has 1 aromatic rings. The number of aryl methyl sites for hydroxylation is 1. The summed E-state index contributed by atoms with van der Waals surface area (Å²) in [6.45, 7) is 3.94. The van der Waals surface area contributed by atoms with Crippen LogP contribution < -0.4 is 0 Å². The minimum atomic E-state index is -0.588. The van der Waals surface area contributed by atoms with Crippen LogP contribution in [0.5, 0.6) is 0 Å². The third-order valence-corrected chi connectivity index (χ3v) is 3.29. The fourth-order valence-corrected chi connectivity index (χ4v) is 2.03. The number of benzene rings is 1. The van der Waals surface area contributed by atoms with Crippen LogP contribution in [-0.2, 0) is 9.59 Å². The Bertz CT molecular complexity index is 535. The molecule has 0 aromatic heterocycles. The Morgan fingerprint density at radius 1 is 1.29 bits per heavy atom. The van der Waals surface area contributed by atoms with Crippen molar-refractivity contribution in [2.24, 2.45) is 0 Å². The van der Waals surface area contributed by atoms with Crippen LogP contribution >= 0.6 is 0 Å². The lowest BCUT2D eigenvalue weighted by molar-refractivity contribution is -0.141. The Hall–Kier alpha value is -1.94. The highest BCUT2D eigenvalue weighted by Gasteiger charge is 2.24. The molecular formula is C17H23NO3. The van der Waals surface area contributed by atoms with Crippen molar-refractivity contribution in [3.05, 3.63) is 41.5 Å². The summed E-state index contributed by atoms with van der Waals surface area (Å²) >= 11 is 0. The zero-order chi connectivity index (χ0) is 15.8. The number of ketones is 1. The minimum Gasteiger partial charge on any atom is -0.395 e. The molecule has 0 unspecified atom stereocenters. The number of unbranched alkanes of at least 4 members (excludes halogenated alkanes) is 1. The van der Waals surface area contributed by atoms with Crippen LogP contribution in [0.3, 0.4) is 0 Å². The molecule has 0 heterocycles. The Morgan fingerprint density at radius 3 is 2.52 bits per heavy atom. The average Bonchev–Trinajstić information content (AvgIpc) is 2.48. The van der Waals surface area contributed by atoms with Gasteiger partial charge < -0.3 is 10.0 Å². The van der Waals surface area contributed by atoms with Crippen LogP contribution in [0, 0.1) is 6.92 Å². The van der Waals surface area contributed by atoms with Crippen LogP contribution in [0.2, 0.25) is 0 Å². The second kappa shape index (κ2) is 8.37. The lowest BCUT2D eigenvalue weighted by Gasteiger charge is -2.16. The van der Waals surface area contributed by atoms with Crippen molar-refractivity contribution in [2.75, 3.05) is 20.2 Å². The highest BCUT2D eigenvalue weighted by molar-refractivity contribution is 6.53. The average molecular weight is 289 g/mol. The van der Waals surface area contributed by atoms with Gasteiger partial charge in [-0.25, -0.2) is 0 Å². The van der Waals surface area contributed by atoms with E-state index in [4.69, 9.17) is 5.11 Å². The Morgan fingerprint density at radius 2 is 1.95 bits per heavy atom. The summed E-state index contributed by atoms with van der Waals surface area (Å²) in [5.41, 5.74) is 2.21. The summed E-state index contributed by atoms with van der Waals surface area (Å²) in [6.07, 6.45) is 3.48. The molecule has 0 aliphatic carbocycles. The summed E-state index contributed by atoms with van der Waals surface area (Å²) in [5.74, 6) is -1.11. The van der Waals surface area contributed by atoms with E-state index in [1.807, 2.05) is 44.2 Å². The van der Waals surface area contributed by atoms with Gasteiger partial charge >= 0.3 is 0 Å². The van der Waals surface area contributed by atoms with E-state index in [0.29, 0.717) is 5.57 Å². The molecule has 4 heteroatoms. The molecule has 0 atom stereocenters. The van der Waals surface area contributed by atoms with E-state index in [9.17, 15) is 9.59 Å². The second-order valence-electron chi connectivity index (χ2n) is 5.00. The quantitative estimate of drug-likeness (QED) is 0.618. The summed E-state index contributed by atoms with van der Waals surface area (Å²) in [6, 6.07) is 7.54. The highest BCUT2D eigenvalue weighted by atomic mass is 16.3. The third kappa shape index (κ3) is 4.53. The number of aliphatic hydroxyl groups is 1. The third-order valence-electron chi connectivity index (χ3n) is 3.29. The van der Waals surface area contributed by atoms with Gasteiger partial charge in [0, 0.05) is 19.2 Å². The maximum Gasteiger partial charge on any atom is 0.294 e. The number of carbonyl (C=O) groups is 2. The maximum atomic E-state index is 12.5. The van der Waals surface area contributed by atoms with E-state index in [1.165, 1.54) is 11.9 Å². The Labute approximate surface area is 126 Å². The van der Waals surface area contributed by atoms with Gasteiger partial charge in [-0.05, 0) is 24.5 Å². The van der Waals surface area contributed by atoms with Crippen LogP contribution in [0.4, 0.5) is 0 Å². The summed E-state index contributed by atoms with van der Waals surface area (Å²) in [4.78, 5) is 25.9. The van der Waals surface area contributed by atoms with Crippen LogP contribution in [0.25, 0.3) is 5.57 Å². The number of hydrogen-bond donors (Lipinski definition) is 1. The SMILES string of the molecule is CCC/C=C(/C(=O)C(=O)N(C)CCO)c1ccccc1C. The number of allylic oxidation sites excluding steroid dienone is 1. The molecule has 0 bridgehead atoms. The van der Waals surface area contributed by atoms with Crippen molar-refractivity contribution >= 4 is 17.3 Å². The van der Waals surface area contributed by atoms with Gasteiger partial charge in [-0.3, -0.25) is 9.59 Å². The molecule has 1 amide bonds. The van der Waals surface area contributed by atoms with E-state index in [1.54, 1.807) is 0 Å². The largest absolute Gasteiger partial charge is 0.395 e. The van der Waals surface area contributed by atoms with E-state index < -0.39 is 11.7 Å². The molecule has 21 heavy (non-hydrogen) atoms. The normalized spacial score (nSPS) is 11.3. The topological polar surface area (TPSA) is 57.6 Å². The van der Waals surface area contributed by atoms with E-state index in [-0.39, 0.29) is 13.2 Å². The number of nitrogens with zero attached hydrogens (tertiary/aromatic N) is 1. The van der Waals surface area contributed by atoms with Gasteiger partial charge in [0.15, 0.2) is 0 Å². The van der Waals surface area contributed by atoms with Gasteiger partial charge in [0.2, 0.25) is 0 Å².